The molecule has 1 unspecified atom stereocenters. The summed E-state index contributed by atoms with van der Waals surface area (Å²) in [5, 5.41) is 0.800. The van der Waals surface area contributed by atoms with Crippen LogP contribution in [0.4, 0.5) is 11.4 Å². The molecule has 2 aromatic carbocycles. The number of aryl methyl sites for hydroxylation is 6. The van der Waals surface area contributed by atoms with Gasteiger partial charge in [-0.1, -0.05) is 93.3 Å². The molecular formula is C38H55Cl2N2P. The molecule has 0 aliphatic carbocycles. The standard InChI is InChI=1S/C38H55Cl2N2P/c1-11-13-19-43(20-14-12-2)37(40)34(25-33(39)16-15-26(3)4)38-41(35-29(7)21-27(5)22-30(35)8)17-18-42(38)36-31(9)23-28(6)24-32(36)10/h15-16,21-24,37H,11-14,17-20,25H2,1-10H3. The summed E-state index contributed by atoms with van der Waals surface area (Å²) in [6.45, 7) is 24.1. The Labute approximate surface area is 275 Å². The lowest BCUT2D eigenvalue weighted by molar-refractivity contribution is 0.862. The Balaban J connectivity index is 2.38. The number of benzene rings is 2. The van der Waals surface area contributed by atoms with Crippen LogP contribution in [0.1, 0.15) is 93.2 Å². The van der Waals surface area contributed by atoms with Gasteiger partial charge in [0.1, 0.15) is 5.82 Å². The predicted octanol–water partition coefficient (Wildman–Crippen LogP) is 12.2. The fourth-order valence-corrected chi connectivity index (χ4v) is 10.3. The third-order valence-corrected chi connectivity index (χ3v) is 12.4. The van der Waals surface area contributed by atoms with Gasteiger partial charge in [0.2, 0.25) is 0 Å². The number of alkyl halides is 1. The van der Waals surface area contributed by atoms with E-state index in [0.717, 1.165) is 18.1 Å². The highest BCUT2D eigenvalue weighted by molar-refractivity contribution is 7.60. The highest BCUT2D eigenvalue weighted by Gasteiger charge is 2.36. The summed E-state index contributed by atoms with van der Waals surface area (Å²) in [7, 11) is -0.405. The second-order valence-electron chi connectivity index (χ2n) is 12.8. The number of allylic oxidation sites excluding steroid dienone is 5. The molecule has 0 radical (unpaired) electrons. The van der Waals surface area contributed by atoms with Crippen molar-refractivity contribution in [2.75, 3.05) is 35.2 Å². The molecule has 2 nitrogen and oxygen atoms in total. The van der Waals surface area contributed by atoms with Crippen LogP contribution in [0.3, 0.4) is 0 Å². The Hall–Kier alpha value is -1.73. The fourth-order valence-electron chi connectivity index (χ4n) is 6.58. The van der Waals surface area contributed by atoms with Crippen LogP contribution in [0.15, 0.2) is 58.4 Å². The molecule has 0 bridgehead atoms. The molecule has 43 heavy (non-hydrogen) atoms. The molecule has 0 aromatic heterocycles. The maximum atomic E-state index is 7.80. The summed E-state index contributed by atoms with van der Waals surface area (Å²) in [5.41, 5.74) is 13.0. The topological polar surface area (TPSA) is 6.48 Å². The van der Waals surface area contributed by atoms with Gasteiger partial charge in [-0.05, 0) is 114 Å². The molecule has 1 aliphatic heterocycles. The first kappa shape index (κ1) is 35.7. The number of anilines is 2. The molecule has 0 N–H and O–H groups in total. The van der Waals surface area contributed by atoms with E-state index in [4.69, 9.17) is 23.2 Å². The highest BCUT2D eigenvalue weighted by Crippen LogP contribution is 2.52. The van der Waals surface area contributed by atoms with Gasteiger partial charge in [0.05, 0.1) is 5.12 Å². The van der Waals surface area contributed by atoms with E-state index in [0.29, 0.717) is 6.42 Å². The monoisotopic (exact) mass is 640 g/mol. The second-order valence-corrected chi connectivity index (χ2v) is 16.6. The van der Waals surface area contributed by atoms with Crippen LogP contribution in [-0.4, -0.2) is 30.5 Å². The number of unbranched alkanes of at least 4 members (excludes halogenated alkanes) is 2. The number of rotatable bonds is 13. The lowest BCUT2D eigenvalue weighted by Gasteiger charge is -2.35. The van der Waals surface area contributed by atoms with Crippen LogP contribution in [0.2, 0.25) is 0 Å². The van der Waals surface area contributed by atoms with Gasteiger partial charge in [0, 0.05) is 35.9 Å². The van der Waals surface area contributed by atoms with Gasteiger partial charge in [-0.3, -0.25) is 0 Å². The first-order chi connectivity index (χ1) is 20.4. The molecule has 0 saturated carbocycles. The zero-order valence-corrected chi connectivity index (χ0v) is 30.9. The highest BCUT2D eigenvalue weighted by atomic mass is 35.5. The maximum absolute atomic E-state index is 7.80. The van der Waals surface area contributed by atoms with E-state index in [1.54, 1.807) is 0 Å². The zero-order valence-electron chi connectivity index (χ0n) is 28.5. The summed E-state index contributed by atoms with van der Waals surface area (Å²) in [6.07, 6.45) is 12.1. The molecule has 1 aliphatic rings. The predicted molar refractivity (Wildman–Crippen MR) is 197 cm³/mol. The smallest absolute Gasteiger partial charge is 0.114 e. The largest absolute Gasteiger partial charge is 0.325 e. The van der Waals surface area contributed by atoms with E-state index in [1.165, 1.54) is 99.7 Å². The van der Waals surface area contributed by atoms with Crippen LogP contribution in [0, 0.1) is 41.5 Å². The number of hydrogen-bond donors (Lipinski definition) is 0. The molecule has 0 spiro atoms. The van der Waals surface area contributed by atoms with E-state index in [1.807, 2.05) is 0 Å². The van der Waals surface area contributed by atoms with Crippen molar-refractivity contribution < 1.29 is 0 Å². The SMILES string of the molecule is CCCCP(CCCC)C(Cl)C(CC(Cl)=CC=C(C)C)=C1N(c2c(C)cc(C)cc2C)CCN1c1c(C)cc(C)cc1C. The van der Waals surface area contributed by atoms with Crippen molar-refractivity contribution in [2.24, 2.45) is 0 Å². The zero-order chi connectivity index (χ0) is 31.8. The average Bonchev–Trinajstić information content (AvgIpc) is 3.32. The van der Waals surface area contributed by atoms with Crippen LogP contribution < -0.4 is 9.80 Å². The lowest BCUT2D eigenvalue weighted by atomic mass is 10.0. The number of halogens is 2. The lowest BCUT2D eigenvalue weighted by Crippen LogP contribution is -2.29. The van der Waals surface area contributed by atoms with Gasteiger partial charge in [-0.2, -0.15) is 0 Å². The van der Waals surface area contributed by atoms with Crippen LogP contribution in [0.5, 0.6) is 0 Å². The molecule has 5 heteroatoms. The van der Waals surface area contributed by atoms with E-state index >= 15 is 0 Å². The molecular weight excluding hydrogens is 586 g/mol. The second kappa shape index (κ2) is 16.5. The number of hydrogen-bond acceptors (Lipinski definition) is 2. The van der Waals surface area contributed by atoms with Gasteiger partial charge >= 0.3 is 0 Å². The van der Waals surface area contributed by atoms with E-state index in [-0.39, 0.29) is 5.12 Å². The first-order valence-electron chi connectivity index (χ1n) is 16.2. The van der Waals surface area contributed by atoms with Gasteiger partial charge in [-0.25, -0.2) is 0 Å². The summed E-state index contributed by atoms with van der Waals surface area (Å²) in [5.74, 6) is 1.24. The van der Waals surface area contributed by atoms with Crippen molar-refractivity contribution in [1.29, 1.82) is 0 Å². The molecule has 0 amide bonds. The van der Waals surface area contributed by atoms with Crippen LogP contribution in [-0.2, 0) is 0 Å². The minimum atomic E-state index is -0.405. The van der Waals surface area contributed by atoms with Gasteiger partial charge < -0.3 is 9.80 Å². The summed E-state index contributed by atoms with van der Waals surface area (Å²) in [4.78, 5) is 5.15. The van der Waals surface area contributed by atoms with Crippen molar-refractivity contribution >= 4 is 42.5 Å². The maximum Gasteiger partial charge on any atom is 0.114 e. The van der Waals surface area contributed by atoms with E-state index in [9.17, 15) is 0 Å². The van der Waals surface area contributed by atoms with Crippen molar-refractivity contribution in [2.45, 2.75) is 106 Å². The Morgan fingerprint density at radius 1 is 0.767 bits per heavy atom. The Morgan fingerprint density at radius 3 is 1.56 bits per heavy atom. The third-order valence-electron chi connectivity index (χ3n) is 8.32. The first-order valence-corrected chi connectivity index (χ1v) is 18.8. The molecule has 2 aromatic rings. The number of nitrogens with zero attached hydrogens (tertiary/aromatic N) is 2. The molecule has 3 rings (SSSR count). The van der Waals surface area contributed by atoms with Crippen molar-refractivity contribution in [3.05, 3.63) is 91.8 Å². The molecule has 1 heterocycles. The summed E-state index contributed by atoms with van der Waals surface area (Å²) < 4.78 is 0. The Kier molecular flexibility index (Phi) is 13.8. The Morgan fingerprint density at radius 2 is 1.19 bits per heavy atom. The summed E-state index contributed by atoms with van der Waals surface area (Å²) >= 11 is 14.9. The quantitative estimate of drug-likeness (QED) is 0.122. The van der Waals surface area contributed by atoms with Crippen molar-refractivity contribution in [3.63, 3.8) is 0 Å². The van der Waals surface area contributed by atoms with E-state index < -0.39 is 7.92 Å². The van der Waals surface area contributed by atoms with E-state index in [2.05, 4.69) is 115 Å². The minimum absolute atomic E-state index is 0.0443. The van der Waals surface area contributed by atoms with Crippen LogP contribution in [0.25, 0.3) is 0 Å². The summed E-state index contributed by atoms with van der Waals surface area (Å²) in [6, 6.07) is 9.28. The van der Waals surface area contributed by atoms with Crippen LogP contribution >= 0.6 is 31.1 Å². The van der Waals surface area contributed by atoms with Gasteiger partial charge in [-0.15, -0.1) is 11.6 Å². The van der Waals surface area contributed by atoms with Crippen molar-refractivity contribution in [3.8, 4) is 0 Å². The van der Waals surface area contributed by atoms with Gasteiger partial charge in [0.25, 0.3) is 0 Å². The minimum Gasteiger partial charge on any atom is -0.325 e. The normalized spacial score (nSPS) is 14.6. The van der Waals surface area contributed by atoms with Gasteiger partial charge in [0.15, 0.2) is 0 Å². The van der Waals surface area contributed by atoms with Crippen molar-refractivity contribution in [1.82, 2.24) is 0 Å². The Bertz CT molecular complexity index is 1230. The molecule has 1 atom stereocenters. The molecule has 1 fully saturated rings. The molecule has 236 valence electrons. The fraction of sp³-hybridized carbons (Fsp3) is 0.526. The molecule has 1 saturated heterocycles. The third kappa shape index (κ3) is 9.15. The average molecular weight is 642 g/mol.